The lowest BCUT2D eigenvalue weighted by atomic mass is 10.1. The molecule has 0 aromatic carbocycles. The van der Waals surface area contributed by atoms with E-state index in [9.17, 15) is 17.6 Å². The summed E-state index contributed by atoms with van der Waals surface area (Å²) in [6.07, 6.45) is -1.51. The van der Waals surface area contributed by atoms with Crippen molar-refractivity contribution in [2.45, 2.75) is 32.1 Å². The zero-order valence-electron chi connectivity index (χ0n) is 8.11. The van der Waals surface area contributed by atoms with Crippen LogP contribution in [-0.4, -0.2) is 9.97 Å². The smallest absolute Gasteiger partial charge is 0.238 e. The molecule has 1 aliphatic carbocycles. The lowest BCUT2D eigenvalue weighted by Gasteiger charge is -2.10. The van der Waals surface area contributed by atoms with Gasteiger partial charge in [-0.15, -0.1) is 0 Å². The minimum atomic E-state index is -3.56. The molecule has 0 spiro atoms. The predicted molar refractivity (Wildman–Crippen MR) is 43.9 cm³/mol. The van der Waals surface area contributed by atoms with Crippen LogP contribution in [0.5, 0.6) is 0 Å². The summed E-state index contributed by atoms with van der Waals surface area (Å²) in [5, 5.41) is 0. The minimum Gasteiger partial charge on any atom is -0.238 e. The number of aryl methyl sites for hydroxylation is 2. The molecule has 0 atom stereocenters. The van der Waals surface area contributed by atoms with Gasteiger partial charge in [-0.2, -0.15) is 8.78 Å². The summed E-state index contributed by atoms with van der Waals surface area (Å²) in [7, 11) is 0. The lowest BCUT2D eigenvalue weighted by molar-refractivity contribution is -0.0938. The van der Waals surface area contributed by atoms with E-state index < -0.39 is 29.5 Å². The molecule has 0 unspecified atom stereocenters. The molecule has 2 nitrogen and oxygen atoms in total. The second kappa shape index (κ2) is 2.68. The Hall–Kier alpha value is -1.20. The molecule has 1 heterocycles. The number of nitrogens with zero attached hydrogens (tertiary/aromatic N) is 2. The van der Waals surface area contributed by atoms with Gasteiger partial charge in [-0.05, 0) is 13.8 Å². The van der Waals surface area contributed by atoms with Crippen LogP contribution in [0.15, 0.2) is 0 Å². The highest BCUT2D eigenvalue weighted by atomic mass is 19.3. The molecule has 1 aromatic rings. The molecular weight excluding hydrogens is 212 g/mol. The van der Waals surface area contributed by atoms with E-state index in [4.69, 9.17) is 0 Å². The Morgan fingerprint density at radius 1 is 1.00 bits per heavy atom. The van der Waals surface area contributed by atoms with E-state index in [0.29, 0.717) is 0 Å². The number of hydrogen-bond donors (Lipinski definition) is 0. The van der Waals surface area contributed by atoms with Crippen molar-refractivity contribution in [3.05, 3.63) is 22.8 Å². The van der Waals surface area contributed by atoms with Gasteiger partial charge in [0.2, 0.25) is 0 Å². The number of hydrogen-bond acceptors (Lipinski definition) is 2. The molecular formula is C9H8F4N2. The van der Waals surface area contributed by atoms with Gasteiger partial charge < -0.3 is 0 Å². The van der Waals surface area contributed by atoms with Crippen LogP contribution in [0.1, 0.15) is 29.2 Å². The molecule has 1 aliphatic rings. The van der Waals surface area contributed by atoms with Gasteiger partial charge in [0.1, 0.15) is 11.5 Å². The average Bonchev–Trinajstić information content (AvgIpc) is 2.15. The monoisotopic (exact) mass is 220 g/mol. The summed E-state index contributed by atoms with van der Waals surface area (Å²) in [5.41, 5.74) is -1.60. The van der Waals surface area contributed by atoms with Crippen molar-refractivity contribution in [3.63, 3.8) is 0 Å². The van der Waals surface area contributed by atoms with Crippen LogP contribution >= 0.6 is 0 Å². The maximum Gasteiger partial charge on any atom is 0.296 e. The Labute approximate surface area is 83.4 Å². The Morgan fingerprint density at radius 2 is 1.60 bits per heavy atom. The fourth-order valence-electron chi connectivity index (χ4n) is 1.87. The van der Waals surface area contributed by atoms with Gasteiger partial charge in [0.15, 0.2) is 0 Å². The van der Waals surface area contributed by atoms with Gasteiger partial charge in [0, 0.05) is 0 Å². The van der Waals surface area contributed by atoms with Gasteiger partial charge in [-0.25, -0.2) is 18.7 Å². The van der Waals surface area contributed by atoms with Gasteiger partial charge >= 0.3 is 0 Å². The van der Waals surface area contributed by atoms with Crippen molar-refractivity contribution in [2.75, 3.05) is 0 Å². The number of aromatic nitrogens is 2. The summed E-state index contributed by atoms with van der Waals surface area (Å²) in [4.78, 5) is 7.10. The molecule has 6 heteroatoms. The van der Waals surface area contributed by atoms with E-state index in [1.807, 2.05) is 0 Å². The van der Waals surface area contributed by atoms with E-state index in [0.717, 1.165) is 0 Å². The van der Waals surface area contributed by atoms with Crippen LogP contribution in [0.2, 0.25) is 0 Å². The SMILES string of the molecule is Cc1nc(C)c2c(n1)C(F)(F)CC2(F)F. The second-order valence-electron chi connectivity index (χ2n) is 3.67. The Morgan fingerprint density at radius 3 is 2.20 bits per heavy atom. The van der Waals surface area contributed by atoms with E-state index in [2.05, 4.69) is 9.97 Å². The topological polar surface area (TPSA) is 25.8 Å². The zero-order chi connectivity index (χ0) is 11.4. The van der Waals surface area contributed by atoms with E-state index in [-0.39, 0.29) is 11.5 Å². The molecule has 0 radical (unpaired) electrons. The summed E-state index contributed by atoms with van der Waals surface area (Å²) in [5.74, 6) is -7.00. The number of rotatable bonds is 0. The maximum atomic E-state index is 13.3. The van der Waals surface area contributed by atoms with Crippen LogP contribution in [0, 0.1) is 13.8 Å². The third-order valence-electron chi connectivity index (χ3n) is 2.36. The first-order valence-electron chi connectivity index (χ1n) is 4.36. The first kappa shape index (κ1) is 10.3. The normalized spacial score (nSPS) is 21.5. The molecule has 0 N–H and O–H groups in total. The molecule has 15 heavy (non-hydrogen) atoms. The fourth-order valence-corrected chi connectivity index (χ4v) is 1.87. The molecule has 82 valence electrons. The molecule has 2 rings (SSSR count). The van der Waals surface area contributed by atoms with Crippen LogP contribution in [0.25, 0.3) is 0 Å². The zero-order valence-corrected chi connectivity index (χ0v) is 8.11. The van der Waals surface area contributed by atoms with E-state index in [1.165, 1.54) is 13.8 Å². The molecule has 0 saturated heterocycles. The average molecular weight is 220 g/mol. The van der Waals surface area contributed by atoms with Crippen molar-refractivity contribution in [2.24, 2.45) is 0 Å². The molecule has 0 saturated carbocycles. The van der Waals surface area contributed by atoms with Crippen LogP contribution in [0.4, 0.5) is 17.6 Å². The molecule has 0 aliphatic heterocycles. The van der Waals surface area contributed by atoms with Crippen LogP contribution < -0.4 is 0 Å². The lowest BCUT2D eigenvalue weighted by Crippen LogP contribution is -2.13. The molecule has 0 fully saturated rings. The van der Waals surface area contributed by atoms with Crippen molar-refractivity contribution in [1.82, 2.24) is 9.97 Å². The Bertz CT molecular complexity index is 428. The highest BCUT2D eigenvalue weighted by Gasteiger charge is 2.58. The third-order valence-corrected chi connectivity index (χ3v) is 2.36. The predicted octanol–water partition coefficient (Wildman–Crippen LogP) is 2.68. The minimum absolute atomic E-state index is 0.0697. The van der Waals surface area contributed by atoms with Gasteiger partial charge in [-0.1, -0.05) is 0 Å². The second-order valence-corrected chi connectivity index (χ2v) is 3.67. The van der Waals surface area contributed by atoms with Gasteiger partial charge in [-0.3, -0.25) is 0 Å². The summed E-state index contributed by atoms with van der Waals surface area (Å²) in [6.45, 7) is 2.70. The van der Waals surface area contributed by atoms with Crippen LogP contribution in [0.3, 0.4) is 0 Å². The number of alkyl halides is 4. The highest BCUT2D eigenvalue weighted by molar-refractivity contribution is 5.37. The summed E-state index contributed by atoms with van der Waals surface area (Å²) in [6, 6.07) is 0. The Kier molecular flexibility index (Phi) is 1.84. The number of fused-ring (bicyclic) bond motifs is 1. The van der Waals surface area contributed by atoms with E-state index >= 15 is 0 Å². The van der Waals surface area contributed by atoms with Gasteiger partial charge in [0.05, 0.1) is 17.7 Å². The summed E-state index contributed by atoms with van der Waals surface area (Å²) < 4.78 is 53.0. The van der Waals surface area contributed by atoms with Crippen molar-refractivity contribution >= 4 is 0 Å². The quantitative estimate of drug-likeness (QED) is 0.628. The Balaban J connectivity index is 2.75. The first-order valence-corrected chi connectivity index (χ1v) is 4.36. The summed E-state index contributed by atoms with van der Waals surface area (Å²) >= 11 is 0. The third kappa shape index (κ3) is 1.39. The van der Waals surface area contributed by atoms with E-state index in [1.54, 1.807) is 0 Å². The molecule has 0 amide bonds. The standard InChI is InChI=1S/C9H8F4N2/c1-4-6-7(15-5(2)14-4)9(12,13)3-8(6,10)11/h3H2,1-2H3. The first-order chi connectivity index (χ1) is 6.74. The van der Waals surface area contributed by atoms with Crippen LogP contribution in [-0.2, 0) is 11.8 Å². The van der Waals surface area contributed by atoms with Gasteiger partial charge in [0.25, 0.3) is 11.8 Å². The molecule has 1 aromatic heterocycles. The largest absolute Gasteiger partial charge is 0.296 e. The van der Waals surface area contributed by atoms with Crippen molar-refractivity contribution in [3.8, 4) is 0 Å². The number of halogens is 4. The highest BCUT2D eigenvalue weighted by Crippen LogP contribution is 2.53. The fraction of sp³-hybridized carbons (Fsp3) is 0.556. The molecule has 0 bridgehead atoms. The van der Waals surface area contributed by atoms with Crippen molar-refractivity contribution in [1.29, 1.82) is 0 Å². The maximum absolute atomic E-state index is 13.3. The van der Waals surface area contributed by atoms with Crippen molar-refractivity contribution < 1.29 is 17.6 Å².